The molecule has 0 spiro atoms. The number of hydrogen-bond acceptors (Lipinski definition) is 5. The van der Waals surface area contributed by atoms with Gasteiger partial charge in [-0.05, 0) is 35.9 Å². The van der Waals surface area contributed by atoms with Gasteiger partial charge >= 0.3 is 0 Å². The number of nitrogens with one attached hydrogen (secondary N) is 1. The summed E-state index contributed by atoms with van der Waals surface area (Å²) in [5.41, 5.74) is 9.34. The number of carbonyl (C=O) groups is 1. The molecule has 7 heteroatoms. The highest BCUT2D eigenvalue weighted by Gasteiger charge is 2.17. The number of thiophene rings is 1. The minimum absolute atomic E-state index is 0.215. The summed E-state index contributed by atoms with van der Waals surface area (Å²) in [6, 6.07) is 15.0. The highest BCUT2D eigenvalue weighted by molar-refractivity contribution is 7.21. The Morgan fingerprint density at radius 3 is 2.70 bits per heavy atom. The lowest BCUT2D eigenvalue weighted by molar-refractivity contribution is 0.0956. The first kappa shape index (κ1) is 17.5. The predicted octanol–water partition coefficient (Wildman–Crippen LogP) is 4.52. The second-order valence-corrected chi connectivity index (χ2v) is 7.38. The smallest absolute Gasteiger partial charge is 0.263 e. The van der Waals surface area contributed by atoms with Crippen LogP contribution in [0.2, 0.25) is 5.02 Å². The molecule has 4 rings (SSSR count). The number of halogens is 1. The zero-order chi connectivity index (χ0) is 18.8. The van der Waals surface area contributed by atoms with Gasteiger partial charge in [0.05, 0.1) is 11.4 Å². The number of aromatic nitrogens is 2. The molecule has 0 radical (unpaired) electrons. The summed E-state index contributed by atoms with van der Waals surface area (Å²) in [6.07, 6.45) is 3.41. The van der Waals surface area contributed by atoms with Crippen molar-refractivity contribution in [2.24, 2.45) is 0 Å². The van der Waals surface area contributed by atoms with Gasteiger partial charge < -0.3 is 11.1 Å². The molecule has 0 saturated carbocycles. The Morgan fingerprint density at radius 2 is 1.96 bits per heavy atom. The number of nitrogen functional groups attached to an aromatic ring is 1. The van der Waals surface area contributed by atoms with E-state index < -0.39 is 0 Å². The Bertz CT molecular complexity index is 1110. The molecular weight excluding hydrogens is 380 g/mol. The Kier molecular flexibility index (Phi) is 4.75. The molecule has 0 fully saturated rings. The van der Waals surface area contributed by atoms with Gasteiger partial charge in [0.2, 0.25) is 0 Å². The monoisotopic (exact) mass is 394 g/mol. The van der Waals surface area contributed by atoms with Crippen LogP contribution in [0.5, 0.6) is 0 Å². The molecule has 27 heavy (non-hydrogen) atoms. The minimum Gasteiger partial charge on any atom is -0.397 e. The molecule has 3 N–H and O–H groups in total. The standard InChI is InChI=1S/C20H15ClN4OS/c21-14-5-3-13(4-6-14)16-8-7-15-17(22)18(27-20(15)25-16)19(26)24-11-12-2-1-9-23-10-12/h1-10H,11,22H2,(H,24,26). The first-order valence-corrected chi connectivity index (χ1v) is 9.43. The fourth-order valence-electron chi connectivity index (χ4n) is 2.71. The van der Waals surface area contributed by atoms with Crippen LogP contribution in [-0.4, -0.2) is 15.9 Å². The summed E-state index contributed by atoms with van der Waals surface area (Å²) < 4.78 is 0. The minimum atomic E-state index is -0.215. The van der Waals surface area contributed by atoms with Gasteiger partial charge in [-0.1, -0.05) is 29.8 Å². The third kappa shape index (κ3) is 3.63. The van der Waals surface area contributed by atoms with Gasteiger partial charge in [-0.15, -0.1) is 11.3 Å². The molecule has 5 nitrogen and oxygen atoms in total. The Labute approximate surface area is 164 Å². The van der Waals surface area contributed by atoms with Crippen molar-refractivity contribution in [1.82, 2.24) is 15.3 Å². The van der Waals surface area contributed by atoms with Crippen molar-refractivity contribution < 1.29 is 4.79 Å². The van der Waals surface area contributed by atoms with Crippen LogP contribution in [0.1, 0.15) is 15.2 Å². The summed E-state index contributed by atoms with van der Waals surface area (Å²) in [5.74, 6) is -0.215. The van der Waals surface area contributed by atoms with Gasteiger partial charge in [0.1, 0.15) is 9.71 Å². The number of pyridine rings is 2. The lowest BCUT2D eigenvalue weighted by Crippen LogP contribution is -2.22. The number of nitrogens with two attached hydrogens (primary N) is 1. The van der Waals surface area contributed by atoms with E-state index in [4.69, 9.17) is 17.3 Å². The van der Waals surface area contributed by atoms with Crippen molar-refractivity contribution in [1.29, 1.82) is 0 Å². The molecule has 0 bridgehead atoms. The van der Waals surface area contributed by atoms with Crippen molar-refractivity contribution in [3.63, 3.8) is 0 Å². The van der Waals surface area contributed by atoms with Crippen LogP contribution in [0.3, 0.4) is 0 Å². The van der Waals surface area contributed by atoms with E-state index in [0.717, 1.165) is 27.0 Å². The number of rotatable bonds is 4. The normalized spacial score (nSPS) is 10.9. The van der Waals surface area contributed by atoms with Gasteiger partial charge in [-0.25, -0.2) is 4.98 Å². The van der Waals surface area contributed by atoms with E-state index in [0.29, 0.717) is 22.1 Å². The molecule has 0 aliphatic rings. The highest BCUT2D eigenvalue weighted by atomic mass is 35.5. The second-order valence-electron chi connectivity index (χ2n) is 5.94. The number of fused-ring (bicyclic) bond motifs is 1. The first-order valence-electron chi connectivity index (χ1n) is 8.24. The third-order valence-electron chi connectivity index (χ3n) is 4.12. The number of benzene rings is 1. The molecule has 134 valence electrons. The summed E-state index contributed by atoms with van der Waals surface area (Å²) >= 11 is 7.23. The van der Waals surface area contributed by atoms with Crippen LogP contribution in [0.25, 0.3) is 21.5 Å². The highest BCUT2D eigenvalue weighted by Crippen LogP contribution is 2.34. The quantitative estimate of drug-likeness (QED) is 0.533. The molecule has 0 aliphatic heterocycles. The van der Waals surface area contributed by atoms with Crippen molar-refractivity contribution in [3.05, 3.63) is 76.4 Å². The molecule has 1 aromatic carbocycles. The summed E-state index contributed by atoms with van der Waals surface area (Å²) in [5, 5.41) is 4.33. The predicted molar refractivity (Wildman–Crippen MR) is 110 cm³/mol. The maximum absolute atomic E-state index is 12.6. The largest absolute Gasteiger partial charge is 0.397 e. The topological polar surface area (TPSA) is 80.9 Å². The Balaban J connectivity index is 1.61. The van der Waals surface area contributed by atoms with E-state index in [9.17, 15) is 4.79 Å². The van der Waals surface area contributed by atoms with E-state index in [1.165, 1.54) is 11.3 Å². The lowest BCUT2D eigenvalue weighted by atomic mass is 10.1. The summed E-state index contributed by atoms with van der Waals surface area (Å²) in [4.78, 5) is 22.5. The maximum Gasteiger partial charge on any atom is 0.263 e. The first-order chi connectivity index (χ1) is 13.1. The van der Waals surface area contributed by atoms with Crippen LogP contribution in [0, 0.1) is 0 Å². The van der Waals surface area contributed by atoms with Crippen molar-refractivity contribution in [3.8, 4) is 11.3 Å². The SMILES string of the molecule is Nc1c(C(=O)NCc2cccnc2)sc2nc(-c3ccc(Cl)cc3)ccc12. The van der Waals surface area contributed by atoms with Crippen molar-refractivity contribution >= 4 is 44.7 Å². The molecule has 0 saturated heterocycles. The van der Waals surface area contributed by atoms with E-state index in [1.54, 1.807) is 12.4 Å². The average Bonchev–Trinajstić information content (AvgIpc) is 3.03. The van der Waals surface area contributed by atoms with E-state index in [-0.39, 0.29) is 5.91 Å². The Morgan fingerprint density at radius 1 is 1.15 bits per heavy atom. The molecule has 3 aromatic heterocycles. The second kappa shape index (κ2) is 7.34. The molecular formula is C20H15ClN4OS. The van der Waals surface area contributed by atoms with Crippen LogP contribution >= 0.6 is 22.9 Å². The number of carbonyl (C=O) groups excluding carboxylic acids is 1. The number of anilines is 1. The zero-order valence-electron chi connectivity index (χ0n) is 14.1. The molecule has 3 heterocycles. The van der Waals surface area contributed by atoms with Crippen molar-refractivity contribution in [2.75, 3.05) is 5.73 Å². The number of hydrogen-bond donors (Lipinski definition) is 2. The van der Waals surface area contributed by atoms with Crippen LogP contribution in [-0.2, 0) is 6.54 Å². The van der Waals surface area contributed by atoms with E-state index in [2.05, 4.69) is 15.3 Å². The molecule has 0 aliphatic carbocycles. The molecule has 1 amide bonds. The van der Waals surface area contributed by atoms with E-state index >= 15 is 0 Å². The number of amides is 1. The van der Waals surface area contributed by atoms with Crippen LogP contribution in [0.15, 0.2) is 60.9 Å². The number of nitrogens with zero attached hydrogens (tertiary/aromatic N) is 2. The zero-order valence-corrected chi connectivity index (χ0v) is 15.7. The van der Waals surface area contributed by atoms with Gasteiger partial charge in [0.15, 0.2) is 0 Å². The average molecular weight is 395 g/mol. The third-order valence-corrected chi connectivity index (χ3v) is 5.48. The fraction of sp³-hybridized carbons (Fsp3) is 0.0500. The van der Waals surface area contributed by atoms with E-state index in [1.807, 2.05) is 48.5 Å². The van der Waals surface area contributed by atoms with Gasteiger partial charge in [0.25, 0.3) is 5.91 Å². The van der Waals surface area contributed by atoms with Crippen molar-refractivity contribution in [2.45, 2.75) is 6.54 Å². The molecule has 0 unspecified atom stereocenters. The maximum atomic E-state index is 12.6. The van der Waals surface area contributed by atoms with Crippen LogP contribution in [0.4, 0.5) is 5.69 Å². The van der Waals surface area contributed by atoms with Gasteiger partial charge in [0, 0.05) is 34.9 Å². The summed E-state index contributed by atoms with van der Waals surface area (Å²) in [7, 11) is 0. The fourth-order valence-corrected chi connectivity index (χ4v) is 3.85. The Hall–Kier alpha value is -2.96. The summed E-state index contributed by atoms with van der Waals surface area (Å²) in [6.45, 7) is 0.393. The molecule has 0 atom stereocenters. The van der Waals surface area contributed by atoms with Gasteiger partial charge in [-0.3, -0.25) is 9.78 Å². The molecule has 4 aromatic rings. The van der Waals surface area contributed by atoms with Crippen LogP contribution < -0.4 is 11.1 Å². The van der Waals surface area contributed by atoms with Gasteiger partial charge in [-0.2, -0.15) is 0 Å². The lowest BCUT2D eigenvalue weighted by Gasteiger charge is -2.04.